The van der Waals surface area contributed by atoms with Crippen molar-refractivity contribution in [3.05, 3.63) is 53.1 Å². The first-order valence-corrected chi connectivity index (χ1v) is 7.91. The molecule has 0 atom stereocenters. The summed E-state index contributed by atoms with van der Waals surface area (Å²) in [5.41, 5.74) is 1.57. The Balaban J connectivity index is 2.25. The van der Waals surface area contributed by atoms with E-state index in [1.807, 2.05) is 13.0 Å². The molecule has 0 saturated heterocycles. The summed E-state index contributed by atoms with van der Waals surface area (Å²) in [5.74, 6) is 1.41. The topological polar surface area (TPSA) is 65.0 Å². The highest BCUT2D eigenvalue weighted by molar-refractivity contribution is 6.09. The minimum atomic E-state index is -0.293. The number of benzene rings is 2. The smallest absolute Gasteiger partial charge is 0.189 e. The van der Waals surface area contributed by atoms with E-state index >= 15 is 0 Å². The van der Waals surface area contributed by atoms with Crippen LogP contribution in [0.3, 0.4) is 0 Å². The summed E-state index contributed by atoms with van der Waals surface area (Å²) in [6.07, 6.45) is 3.08. The number of allylic oxidation sites excluding steroid dienone is 1. The molecule has 0 aliphatic heterocycles. The standard InChI is InChI=1S/C20H22O5/c1-5-25-17-11-8-15(20(22)13(17)2)16(21)9-6-14-7-10-18(23-3)19(12-14)24-4/h6-12,22H,5H2,1-4H3/b9-6+. The third-order valence-corrected chi connectivity index (χ3v) is 3.78. The molecule has 2 rings (SSSR count). The summed E-state index contributed by atoms with van der Waals surface area (Å²) in [5, 5.41) is 10.3. The van der Waals surface area contributed by atoms with Crippen molar-refractivity contribution in [3.63, 3.8) is 0 Å². The number of hydrogen-bond donors (Lipinski definition) is 1. The number of aromatic hydroxyl groups is 1. The lowest BCUT2D eigenvalue weighted by Gasteiger charge is -2.10. The van der Waals surface area contributed by atoms with Crippen LogP contribution in [0.1, 0.15) is 28.4 Å². The molecule has 1 N–H and O–H groups in total. The van der Waals surface area contributed by atoms with Gasteiger partial charge < -0.3 is 19.3 Å². The summed E-state index contributed by atoms with van der Waals surface area (Å²) in [6.45, 7) is 4.07. The van der Waals surface area contributed by atoms with Crippen LogP contribution < -0.4 is 14.2 Å². The Hall–Kier alpha value is -2.95. The van der Waals surface area contributed by atoms with Crippen LogP contribution in [0.25, 0.3) is 6.08 Å². The fourth-order valence-electron chi connectivity index (χ4n) is 2.41. The zero-order valence-electron chi connectivity index (χ0n) is 14.8. The highest BCUT2D eigenvalue weighted by atomic mass is 16.5. The van der Waals surface area contributed by atoms with E-state index in [9.17, 15) is 9.90 Å². The van der Waals surface area contributed by atoms with Gasteiger partial charge in [-0.15, -0.1) is 0 Å². The maximum Gasteiger partial charge on any atom is 0.189 e. The molecule has 132 valence electrons. The third-order valence-electron chi connectivity index (χ3n) is 3.78. The second kappa shape index (κ2) is 8.24. The largest absolute Gasteiger partial charge is 0.507 e. The van der Waals surface area contributed by atoms with Gasteiger partial charge in [-0.25, -0.2) is 0 Å². The van der Waals surface area contributed by atoms with E-state index in [0.29, 0.717) is 29.4 Å². The van der Waals surface area contributed by atoms with Crippen molar-refractivity contribution in [2.45, 2.75) is 13.8 Å². The second-order valence-electron chi connectivity index (χ2n) is 5.33. The molecule has 5 nitrogen and oxygen atoms in total. The van der Waals surface area contributed by atoms with Crippen LogP contribution in [0.4, 0.5) is 0 Å². The van der Waals surface area contributed by atoms with Crippen molar-refractivity contribution in [1.29, 1.82) is 0 Å². The number of methoxy groups -OCH3 is 2. The molecule has 0 aliphatic carbocycles. The van der Waals surface area contributed by atoms with Gasteiger partial charge in [-0.2, -0.15) is 0 Å². The van der Waals surface area contributed by atoms with Crippen LogP contribution in [0.15, 0.2) is 36.4 Å². The number of ketones is 1. The Morgan fingerprint density at radius 2 is 1.76 bits per heavy atom. The number of carbonyl (C=O) groups excluding carboxylic acids is 1. The Kier molecular flexibility index (Phi) is 6.06. The van der Waals surface area contributed by atoms with Gasteiger partial charge >= 0.3 is 0 Å². The highest BCUT2D eigenvalue weighted by Gasteiger charge is 2.14. The minimum Gasteiger partial charge on any atom is -0.507 e. The Morgan fingerprint density at radius 1 is 1.08 bits per heavy atom. The van der Waals surface area contributed by atoms with Crippen LogP contribution in [0, 0.1) is 6.92 Å². The fraction of sp³-hybridized carbons (Fsp3) is 0.250. The lowest BCUT2D eigenvalue weighted by Crippen LogP contribution is -2.00. The Bertz CT molecular complexity index is 793. The molecule has 25 heavy (non-hydrogen) atoms. The van der Waals surface area contributed by atoms with Crippen molar-refractivity contribution in [2.24, 2.45) is 0 Å². The number of ether oxygens (including phenoxy) is 3. The molecule has 0 heterocycles. The summed E-state index contributed by atoms with van der Waals surface area (Å²) in [7, 11) is 3.12. The van der Waals surface area contributed by atoms with E-state index in [1.54, 1.807) is 51.5 Å². The van der Waals surface area contributed by atoms with E-state index in [-0.39, 0.29) is 17.1 Å². The Labute approximate surface area is 147 Å². The predicted molar refractivity (Wildman–Crippen MR) is 96.9 cm³/mol. The van der Waals surface area contributed by atoms with E-state index < -0.39 is 0 Å². The normalized spacial score (nSPS) is 10.7. The molecule has 0 bridgehead atoms. The van der Waals surface area contributed by atoms with Crippen LogP contribution in [-0.2, 0) is 0 Å². The average molecular weight is 342 g/mol. The fourth-order valence-corrected chi connectivity index (χ4v) is 2.41. The monoisotopic (exact) mass is 342 g/mol. The van der Waals surface area contributed by atoms with Gasteiger partial charge in [-0.1, -0.05) is 12.1 Å². The minimum absolute atomic E-state index is 0.0621. The maximum absolute atomic E-state index is 12.4. The third kappa shape index (κ3) is 4.12. The van der Waals surface area contributed by atoms with E-state index in [2.05, 4.69) is 0 Å². The first-order chi connectivity index (χ1) is 12.0. The molecule has 2 aromatic rings. The molecular formula is C20H22O5. The first-order valence-electron chi connectivity index (χ1n) is 7.91. The summed E-state index contributed by atoms with van der Waals surface area (Å²) in [6, 6.07) is 8.60. The molecule has 0 saturated carbocycles. The number of phenolic OH excluding ortho intramolecular Hbond substituents is 1. The molecule has 0 aromatic heterocycles. The van der Waals surface area contributed by atoms with Gasteiger partial charge in [0.15, 0.2) is 17.3 Å². The van der Waals surface area contributed by atoms with E-state index in [1.165, 1.54) is 6.08 Å². The lowest BCUT2D eigenvalue weighted by molar-refractivity contribution is 0.104. The van der Waals surface area contributed by atoms with Crippen molar-refractivity contribution >= 4 is 11.9 Å². The van der Waals surface area contributed by atoms with E-state index in [4.69, 9.17) is 14.2 Å². The zero-order chi connectivity index (χ0) is 18.4. The van der Waals surface area contributed by atoms with Crippen molar-refractivity contribution < 1.29 is 24.1 Å². The summed E-state index contributed by atoms with van der Waals surface area (Å²) >= 11 is 0. The highest BCUT2D eigenvalue weighted by Crippen LogP contribution is 2.31. The van der Waals surface area contributed by atoms with Gasteiger partial charge in [0.25, 0.3) is 0 Å². The first kappa shape index (κ1) is 18.4. The number of hydrogen-bond acceptors (Lipinski definition) is 5. The van der Waals surface area contributed by atoms with Gasteiger partial charge in [0.2, 0.25) is 0 Å². The van der Waals surface area contributed by atoms with Crippen LogP contribution in [-0.4, -0.2) is 31.7 Å². The van der Waals surface area contributed by atoms with Gasteiger partial charge in [0, 0.05) is 5.56 Å². The Morgan fingerprint density at radius 3 is 2.40 bits per heavy atom. The molecule has 0 unspecified atom stereocenters. The number of phenols is 1. The van der Waals surface area contributed by atoms with Gasteiger partial charge in [-0.3, -0.25) is 4.79 Å². The molecule has 2 aromatic carbocycles. The van der Waals surface area contributed by atoms with Crippen molar-refractivity contribution in [1.82, 2.24) is 0 Å². The average Bonchev–Trinajstić information content (AvgIpc) is 2.63. The molecule has 5 heteroatoms. The maximum atomic E-state index is 12.4. The SMILES string of the molecule is CCOc1ccc(C(=O)/C=C/c2ccc(OC)c(OC)c2)c(O)c1C. The molecule has 0 fully saturated rings. The second-order valence-corrected chi connectivity index (χ2v) is 5.33. The molecular weight excluding hydrogens is 320 g/mol. The van der Waals surface area contributed by atoms with E-state index in [0.717, 1.165) is 5.56 Å². The molecule has 0 aliphatic rings. The van der Waals surface area contributed by atoms with Crippen molar-refractivity contribution in [3.8, 4) is 23.0 Å². The zero-order valence-corrected chi connectivity index (χ0v) is 14.8. The van der Waals surface area contributed by atoms with Gasteiger partial charge in [0.1, 0.15) is 11.5 Å². The van der Waals surface area contributed by atoms with Crippen LogP contribution in [0.2, 0.25) is 0 Å². The van der Waals surface area contributed by atoms with Gasteiger partial charge in [-0.05, 0) is 49.8 Å². The molecule has 0 radical (unpaired) electrons. The quantitative estimate of drug-likeness (QED) is 0.608. The van der Waals surface area contributed by atoms with Crippen LogP contribution >= 0.6 is 0 Å². The van der Waals surface area contributed by atoms with Gasteiger partial charge in [0.05, 0.1) is 26.4 Å². The lowest BCUT2D eigenvalue weighted by atomic mass is 10.0. The number of carbonyl (C=O) groups is 1. The summed E-state index contributed by atoms with van der Waals surface area (Å²) in [4.78, 5) is 12.4. The van der Waals surface area contributed by atoms with Crippen molar-refractivity contribution in [2.75, 3.05) is 20.8 Å². The predicted octanol–water partition coefficient (Wildman–Crippen LogP) is 4.01. The molecule has 0 amide bonds. The van der Waals surface area contributed by atoms with Crippen LogP contribution in [0.5, 0.6) is 23.0 Å². The summed E-state index contributed by atoms with van der Waals surface area (Å²) < 4.78 is 15.8. The molecule has 0 spiro atoms. The number of rotatable bonds is 7.